The summed E-state index contributed by atoms with van der Waals surface area (Å²) < 4.78 is 24.0. The van der Waals surface area contributed by atoms with Gasteiger partial charge < -0.3 is 19.7 Å². The molecule has 5 nitrogen and oxygen atoms in total. The lowest BCUT2D eigenvalue weighted by atomic mass is 9.91. The van der Waals surface area contributed by atoms with Crippen LogP contribution in [0, 0.1) is 5.82 Å². The molecular weight excluding hydrogens is 347 g/mol. The molecule has 1 amide bonds. The minimum atomic E-state index is -0.351. The highest BCUT2D eigenvalue weighted by atomic mass is 19.1. The van der Waals surface area contributed by atoms with Crippen molar-refractivity contribution in [1.82, 2.24) is 5.32 Å². The van der Waals surface area contributed by atoms with Crippen LogP contribution in [0.1, 0.15) is 34.5 Å². The molecule has 0 radical (unpaired) electrons. The van der Waals surface area contributed by atoms with Gasteiger partial charge in [0.15, 0.2) is 11.5 Å². The summed E-state index contributed by atoms with van der Waals surface area (Å²) in [7, 11) is 3.26. The van der Waals surface area contributed by atoms with Crippen molar-refractivity contribution < 1.29 is 23.6 Å². The van der Waals surface area contributed by atoms with Crippen LogP contribution in [0.4, 0.5) is 4.39 Å². The highest BCUT2D eigenvalue weighted by molar-refractivity contribution is 5.94. The van der Waals surface area contributed by atoms with Crippen molar-refractivity contribution in [3.05, 3.63) is 58.9 Å². The summed E-state index contributed by atoms with van der Waals surface area (Å²) in [5.41, 5.74) is 2.86. The summed E-state index contributed by atoms with van der Waals surface area (Å²) >= 11 is 0. The SMILES string of the molecule is CC[NH+]1CCc2cc(OC)c(OC)cc2[C@@H]1CNC(=O)c1ccc(F)cc1. The molecule has 2 atom stereocenters. The van der Waals surface area contributed by atoms with Crippen molar-refractivity contribution in [2.75, 3.05) is 33.9 Å². The second-order valence-electron chi connectivity index (χ2n) is 6.69. The predicted molar refractivity (Wildman–Crippen MR) is 101 cm³/mol. The Morgan fingerprint density at radius 3 is 2.48 bits per heavy atom. The van der Waals surface area contributed by atoms with Gasteiger partial charge in [0.05, 0.1) is 33.9 Å². The molecule has 0 aromatic heterocycles. The lowest BCUT2D eigenvalue weighted by Crippen LogP contribution is -3.13. The molecule has 1 heterocycles. The van der Waals surface area contributed by atoms with Gasteiger partial charge in [-0.15, -0.1) is 0 Å². The molecule has 0 fully saturated rings. The second-order valence-corrected chi connectivity index (χ2v) is 6.69. The third-order valence-corrected chi connectivity index (χ3v) is 5.26. The number of nitrogens with one attached hydrogen (secondary N) is 2. The van der Waals surface area contributed by atoms with Crippen LogP contribution in [0.25, 0.3) is 0 Å². The van der Waals surface area contributed by atoms with E-state index in [1.165, 1.54) is 40.3 Å². The first-order valence-corrected chi connectivity index (χ1v) is 9.20. The zero-order valence-corrected chi connectivity index (χ0v) is 16.0. The molecule has 1 aliphatic rings. The van der Waals surface area contributed by atoms with Gasteiger partial charge in [-0.05, 0) is 48.9 Å². The number of ether oxygens (including phenoxy) is 2. The number of carbonyl (C=O) groups is 1. The van der Waals surface area contributed by atoms with Crippen LogP contribution in [-0.4, -0.2) is 39.8 Å². The van der Waals surface area contributed by atoms with E-state index in [-0.39, 0.29) is 17.8 Å². The third-order valence-electron chi connectivity index (χ3n) is 5.26. The number of rotatable bonds is 6. The Labute approximate surface area is 159 Å². The van der Waals surface area contributed by atoms with E-state index < -0.39 is 0 Å². The molecule has 27 heavy (non-hydrogen) atoms. The summed E-state index contributed by atoms with van der Waals surface area (Å²) in [5, 5.41) is 3.01. The molecule has 0 aliphatic carbocycles. The number of likely N-dealkylation sites (N-methyl/N-ethyl adjacent to an activating group) is 1. The van der Waals surface area contributed by atoms with E-state index in [2.05, 4.69) is 12.2 Å². The monoisotopic (exact) mass is 373 g/mol. The molecule has 6 heteroatoms. The first-order chi connectivity index (χ1) is 13.1. The minimum Gasteiger partial charge on any atom is -0.493 e. The molecule has 2 aromatic carbocycles. The molecule has 1 unspecified atom stereocenters. The van der Waals surface area contributed by atoms with E-state index in [4.69, 9.17) is 9.47 Å². The van der Waals surface area contributed by atoms with Gasteiger partial charge in [-0.25, -0.2) is 4.39 Å². The Morgan fingerprint density at radius 1 is 1.19 bits per heavy atom. The summed E-state index contributed by atoms with van der Waals surface area (Å²) in [6.07, 6.45) is 0.960. The number of hydrogen-bond acceptors (Lipinski definition) is 3. The quantitative estimate of drug-likeness (QED) is 0.812. The third kappa shape index (κ3) is 4.06. The van der Waals surface area contributed by atoms with Crippen LogP contribution in [0.5, 0.6) is 11.5 Å². The van der Waals surface area contributed by atoms with Crippen LogP contribution in [-0.2, 0) is 6.42 Å². The molecule has 3 rings (SSSR count). The van der Waals surface area contributed by atoms with E-state index in [1.807, 2.05) is 12.1 Å². The Kier molecular flexibility index (Phi) is 5.96. The number of quaternary nitrogens is 1. The number of halogens is 1. The van der Waals surface area contributed by atoms with Crippen molar-refractivity contribution in [2.45, 2.75) is 19.4 Å². The van der Waals surface area contributed by atoms with Crippen LogP contribution in [0.15, 0.2) is 36.4 Å². The van der Waals surface area contributed by atoms with Crippen molar-refractivity contribution in [3.8, 4) is 11.5 Å². The molecule has 0 spiro atoms. The number of hydrogen-bond donors (Lipinski definition) is 2. The lowest BCUT2D eigenvalue weighted by Gasteiger charge is -2.34. The lowest BCUT2D eigenvalue weighted by molar-refractivity contribution is -0.930. The van der Waals surface area contributed by atoms with Gasteiger partial charge in [0.25, 0.3) is 5.91 Å². The van der Waals surface area contributed by atoms with Crippen molar-refractivity contribution in [3.63, 3.8) is 0 Å². The van der Waals surface area contributed by atoms with Crippen LogP contribution < -0.4 is 19.7 Å². The van der Waals surface area contributed by atoms with Crippen molar-refractivity contribution in [2.24, 2.45) is 0 Å². The molecule has 2 aromatic rings. The Bertz CT molecular complexity index is 808. The van der Waals surface area contributed by atoms with Crippen LogP contribution >= 0.6 is 0 Å². The predicted octanol–water partition coefficient (Wildman–Crippen LogP) is 1.77. The summed E-state index contributed by atoms with van der Waals surface area (Å²) in [5.74, 6) is 0.877. The van der Waals surface area contributed by atoms with Gasteiger partial charge in [0, 0.05) is 17.5 Å². The number of benzene rings is 2. The van der Waals surface area contributed by atoms with Gasteiger partial charge in [-0.2, -0.15) is 0 Å². The molecule has 2 N–H and O–H groups in total. The smallest absolute Gasteiger partial charge is 0.251 e. The van der Waals surface area contributed by atoms with Crippen LogP contribution in [0.3, 0.4) is 0 Å². The molecule has 0 saturated carbocycles. The summed E-state index contributed by atoms with van der Waals surface area (Å²) in [6, 6.07) is 9.78. The van der Waals surface area contributed by atoms with E-state index in [0.29, 0.717) is 17.9 Å². The standard InChI is InChI=1S/C21H25FN2O3/c1-4-24-10-9-15-11-19(26-2)20(27-3)12-17(15)18(24)13-23-21(25)14-5-7-16(22)8-6-14/h5-8,11-12,18H,4,9-10,13H2,1-3H3,(H,23,25)/p+1/t18-/m0/s1. The summed E-state index contributed by atoms with van der Waals surface area (Å²) in [6.45, 7) is 4.61. The maximum Gasteiger partial charge on any atom is 0.251 e. The maximum atomic E-state index is 13.1. The zero-order valence-electron chi connectivity index (χ0n) is 16.0. The summed E-state index contributed by atoms with van der Waals surface area (Å²) in [4.78, 5) is 13.9. The number of amides is 1. The average Bonchev–Trinajstić information content (AvgIpc) is 2.70. The number of fused-ring (bicyclic) bond motifs is 1. The number of methoxy groups -OCH3 is 2. The first kappa shape index (κ1) is 19.2. The molecule has 1 aliphatic heterocycles. The van der Waals surface area contributed by atoms with Crippen molar-refractivity contribution >= 4 is 5.91 Å². The Balaban J connectivity index is 1.83. The van der Waals surface area contributed by atoms with E-state index >= 15 is 0 Å². The zero-order chi connectivity index (χ0) is 19.4. The maximum absolute atomic E-state index is 13.1. The van der Waals surface area contributed by atoms with E-state index in [9.17, 15) is 9.18 Å². The van der Waals surface area contributed by atoms with Gasteiger partial charge >= 0.3 is 0 Å². The topological polar surface area (TPSA) is 52.0 Å². The van der Waals surface area contributed by atoms with E-state index in [0.717, 1.165) is 25.3 Å². The highest BCUT2D eigenvalue weighted by Gasteiger charge is 2.31. The fourth-order valence-electron chi connectivity index (χ4n) is 3.74. The highest BCUT2D eigenvalue weighted by Crippen LogP contribution is 2.33. The van der Waals surface area contributed by atoms with Crippen LogP contribution in [0.2, 0.25) is 0 Å². The molecule has 0 saturated heterocycles. The largest absolute Gasteiger partial charge is 0.493 e. The number of carbonyl (C=O) groups excluding carboxylic acids is 1. The van der Waals surface area contributed by atoms with E-state index in [1.54, 1.807) is 14.2 Å². The van der Waals surface area contributed by atoms with Gasteiger partial charge in [-0.3, -0.25) is 4.79 Å². The fraction of sp³-hybridized carbons (Fsp3) is 0.381. The Morgan fingerprint density at radius 2 is 1.85 bits per heavy atom. The average molecular weight is 373 g/mol. The van der Waals surface area contributed by atoms with Gasteiger partial charge in [-0.1, -0.05) is 0 Å². The molecule has 0 bridgehead atoms. The second kappa shape index (κ2) is 8.39. The molecule has 144 valence electrons. The minimum absolute atomic E-state index is 0.128. The normalized spacial score (nSPS) is 18.5. The Hall–Kier alpha value is -2.60. The first-order valence-electron chi connectivity index (χ1n) is 9.20. The van der Waals surface area contributed by atoms with Crippen molar-refractivity contribution in [1.29, 1.82) is 0 Å². The van der Waals surface area contributed by atoms with Gasteiger partial charge in [0.2, 0.25) is 0 Å². The molecular formula is C21H26FN2O3+. The fourth-order valence-corrected chi connectivity index (χ4v) is 3.74. The van der Waals surface area contributed by atoms with Gasteiger partial charge in [0.1, 0.15) is 11.9 Å².